The minimum Gasteiger partial charge on any atom is -0.459 e. The van der Waals surface area contributed by atoms with Crippen LogP contribution in [0.3, 0.4) is 0 Å². The van der Waals surface area contributed by atoms with Crippen LogP contribution in [0, 0.1) is 11.8 Å². The highest BCUT2D eigenvalue weighted by Gasteiger charge is 2.31. The molecule has 1 aliphatic rings. The summed E-state index contributed by atoms with van der Waals surface area (Å²) >= 11 is 0. The number of hydrogen-bond donors (Lipinski definition) is 0. The van der Waals surface area contributed by atoms with E-state index < -0.39 is 0 Å². The zero-order valence-corrected chi connectivity index (χ0v) is 8.67. The van der Waals surface area contributed by atoms with Crippen LogP contribution in [-0.4, -0.2) is 12.1 Å². The molecule has 3 unspecified atom stereocenters. The quantitative estimate of drug-likeness (QED) is 0.484. The van der Waals surface area contributed by atoms with Crippen molar-refractivity contribution in [3.05, 3.63) is 12.2 Å². The van der Waals surface area contributed by atoms with E-state index in [9.17, 15) is 4.79 Å². The van der Waals surface area contributed by atoms with E-state index in [2.05, 4.69) is 20.4 Å². The molecule has 2 heteroatoms. The Balaban J connectivity index is 2.46. The summed E-state index contributed by atoms with van der Waals surface area (Å²) in [6.07, 6.45) is 2.27. The van der Waals surface area contributed by atoms with Crippen LogP contribution in [0.1, 0.15) is 33.6 Å². The Morgan fingerprint density at radius 2 is 2.00 bits per heavy atom. The third kappa shape index (κ3) is 2.58. The molecule has 1 fully saturated rings. The Hall–Kier alpha value is -0.790. The average molecular weight is 182 g/mol. The molecule has 0 heterocycles. The zero-order valence-electron chi connectivity index (χ0n) is 8.67. The highest BCUT2D eigenvalue weighted by molar-refractivity contribution is 5.87. The first kappa shape index (κ1) is 10.3. The van der Waals surface area contributed by atoms with Gasteiger partial charge in [0.2, 0.25) is 0 Å². The standard InChI is InChI=1S/C11H18O2/c1-7(2)11(12)13-10-6-8(3)5-9(10)4/h8-10H,1,5-6H2,2-4H3. The number of esters is 1. The topological polar surface area (TPSA) is 26.3 Å². The lowest BCUT2D eigenvalue weighted by molar-refractivity contribution is -0.145. The van der Waals surface area contributed by atoms with E-state index in [0.717, 1.165) is 12.8 Å². The molecule has 0 bridgehead atoms. The summed E-state index contributed by atoms with van der Waals surface area (Å²) in [5.41, 5.74) is 0.492. The molecule has 13 heavy (non-hydrogen) atoms. The predicted molar refractivity (Wildman–Crippen MR) is 52.3 cm³/mol. The summed E-state index contributed by atoms with van der Waals surface area (Å²) in [6.45, 7) is 9.59. The maximum absolute atomic E-state index is 11.2. The number of carbonyl (C=O) groups is 1. The molecule has 0 aliphatic heterocycles. The van der Waals surface area contributed by atoms with Crippen molar-refractivity contribution in [3.8, 4) is 0 Å². The molecular weight excluding hydrogens is 164 g/mol. The van der Waals surface area contributed by atoms with Crippen LogP contribution >= 0.6 is 0 Å². The molecule has 1 rings (SSSR count). The molecule has 0 spiro atoms. The van der Waals surface area contributed by atoms with Gasteiger partial charge in [0.05, 0.1) is 0 Å². The molecule has 2 nitrogen and oxygen atoms in total. The van der Waals surface area contributed by atoms with Gasteiger partial charge in [0.25, 0.3) is 0 Å². The summed E-state index contributed by atoms with van der Waals surface area (Å²) in [5.74, 6) is 0.933. The second-order valence-corrected chi connectivity index (χ2v) is 4.28. The van der Waals surface area contributed by atoms with Crippen LogP contribution in [0.25, 0.3) is 0 Å². The first-order valence-corrected chi connectivity index (χ1v) is 4.87. The molecule has 74 valence electrons. The minimum atomic E-state index is -0.244. The number of rotatable bonds is 2. The third-order valence-corrected chi connectivity index (χ3v) is 2.65. The van der Waals surface area contributed by atoms with E-state index in [4.69, 9.17) is 4.74 Å². The van der Waals surface area contributed by atoms with Gasteiger partial charge >= 0.3 is 5.97 Å². The average Bonchev–Trinajstić information content (AvgIpc) is 2.30. The summed E-state index contributed by atoms with van der Waals surface area (Å²) in [7, 11) is 0. The van der Waals surface area contributed by atoms with Crippen LogP contribution in [0.15, 0.2) is 12.2 Å². The normalized spacial score (nSPS) is 33.0. The fourth-order valence-corrected chi connectivity index (χ4v) is 1.91. The van der Waals surface area contributed by atoms with E-state index >= 15 is 0 Å². The Morgan fingerprint density at radius 3 is 2.38 bits per heavy atom. The van der Waals surface area contributed by atoms with Crippen molar-refractivity contribution in [2.24, 2.45) is 11.8 Å². The van der Waals surface area contributed by atoms with Gasteiger partial charge in [-0.3, -0.25) is 0 Å². The molecule has 0 amide bonds. The minimum absolute atomic E-state index is 0.110. The molecule has 0 radical (unpaired) electrons. The van der Waals surface area contributed by atoms with Gasteiger partial charge in [0, 0.05) is 5.57 Å². The van der Waals surface area contributed by atoms with Gasteiger partial charge < -0.3 is 4.74 Å². The predicted octanol–water partition coefficient (Wildman–Crippen LogP) is 2.54. The van der Waals surface area contributed by atoms with E-state index in [1.54, 1.807) is 6.92 Å². The van der Waals surface area contributed by atoms with E-state index in [-0.39, 0.29) is 12.1 Å². The molecule has 0 saturated heterocycles. The van der Waals surface area contributed by atoms with E-state index in [0.29, 0.717) is 17.4 Å². The van der Waals surface area contributed by atoms with Crippen LogP contribution in [0.4, 0.5) is 0 Å². The Labute approximate surface area is 80.0 Å². The maximum Gasteiger partial charge on any atom is 0.333 e. The van der Waals surface area contributed by atoms with Gasteiger partial charge in [0.1, 0.15) is 6.10 Å². The third-order valence-electron chi connectivity index (χ3n) is 2.65. The number of carbonyl (C=O) groups excluding carboxylic acids is 1. The van der Waals surface area contributed by atoms with Crippen molar-refractivity contribution < 1.29 is 9.53 Å². The Morgan fingerprint density at radius 1 is 1.38 bits per heavy atom. The SMILES string of the molecule is C=C(C)C(=O)OC1CC(C)CC1C. The lowest BCUT2D eigenvalue weighted by Crippen LogP contribution is -2.20. The van der Waals surface area contributed by atoms with Crippen LogP contribution in [0.5, 0.6) is 0 Å². The van der Waals surface area contributed by atoms with Crippen molar-refractivity contribution in [2.75, 3.05) is 0 Å². The van der Waals surface area contributed by atoms with Crippen LogP contribution in [0.2, 0.25) is 0 Å². The second-order valence-electron chi connectivity index (χ2n) is 4.28. The van der Waals surface area contributed by atoms with Crippen molar-refractivity contribution in [1.82, 2.24) is 0 Å². The molecule has 0 aromatic rings. The van der Waals surface area contributed by atoms with Gasteiger partial charge in [0.15, 0.2) is 0 Å². The summed E-state index contributed by atoms with van der Waals surface area (Å²) in [5, 5.41) is 0. The fraction of sp³-hybridized carbons (Fsp3) is 0.727. The highest BCUT2D eigenvalue weighted by Crippen LogP contribution is 2.32. The summed E-state index contributed by atoms with van der Waals surface area (Å²) < 4.78 is 5.32. The molecule has 0 aromatic carbocycles. The van der Waals surface area contributed by atoms with E-state index in [1.165, 1.54) is 0 Å². The second kappa shape index (κ2) is 3.95. The van der Waals surface area contributed by atoms with Gasteiger partial charge in [-0.2, -0.15) is 0 Å². The van der Waals surface area contributed by atoms with Crippen molar-refractivity contribution in [1.29, 1.82) is 0 Å². The largest absolute Gasteiger partial charge is 0.459 e. The van der Waals surface area contributed by atoms with Crippen LogP contribution < -0.4 is 0 Å². The monoisotopic (exact) mass is 182 g/mol. The summed E-state index contributed by atoms with van der Waals surface area (Å²) in [4.78, 5) is 11.2. The molecule has 1 aliphatic carbocycles. The van der Waals surface area contributed by atoms with Gasteiger partial charge in [-0.05, 0) is 31.6 Å². The fourth-order valence-electron chi connectivity index (χ4n) is 1.91. The molecule has 1 saturated carbocycles. The highest BCUT2D eigenvalue weighted by atomic mass is 16.5. The lowest BCUT2D eigenvalue weighted by Gasteiger charge is -2.16. The Kier molecular flexibility index (Phi) is 3.12. The van der Waals surface area contributed by atoms with Crippen LogP contribution in [-0.2, 0) is 9.53 Å². The zero-order chi connectivity index (χ0) is 10.0. The van der Waals surface area contributed by atoms with Crippen molar-refractivity contribution in [2.45, 2.75) is 39.7 Å². The molecule has 0 N–H and O–H groups in total. The van der Waals surface area contributed by atoms with Gasteiger partial charge in [-0.1, -0.05) is 20.4 Å². The van der Waals surface area contributed by atoms with Gasteiger partial charge in [-0.15, -0.1) is 0 Å². The lowest BCUT2D eigenvalue weighted by atomic mass is 10.1. The maximum atomic E-state index is 11.2. The smallest absolute Gasteiger partial charge is 0.333 e. The molecular formula is C11H18O2. The first-order chi connectivity index (χ1) is 6.00. The first-order valence-electron chi connectivity index (χ1n) is 4.87. The number of ether oxygens (including phenoxy) is 1. The Bertz CT molecular complexity index is 220. The molecule has 0 aromatic heterocycles. The van der Waals surface area contributed by atoms with E-state index in [1.807, 2.05) is 0 Å². The van der Waals surface area contributed by atoms with Crippen molar-refractivity contribution in [3.63, 3.8) is 0 Å². The van der Waals surface area contributed by atoms with Gasteiger partial charge in [-0.25, -0.2) is 4.79 Å². The molecule has 3 atom stereocenters. The van der Waals surface area contributed by atoms with Crippen molar-refractivity contribution >= 4 is 5.97 Å². The number of hydrogen-bond acceptors (Lipinski definition) is 2. The summed E-state index contributed by atoms with van der Waals surface area (Å²) in [6, 6.07) is 0.